The highest BCUT2D eigenvalue weighted by molar-refractivity contribution is 8.18. The Kier molecular flexibility index (Phi) is 8.84. The summed E-state index contributed by atoms with van der Waals surface area (Å²) in [6, 6.07) is 15.0. The van der Waals surface area contributed by atoms with E-state index in [2.05, 4.69) is 17.2 Å². The summed E-state index contributed by atoms with van der Waals surface area (Å²) in [5.74, 6) is 0.710. The van der Waals surface area contributed by atoms with Gasteiger partial charge < -0.3 is 10.1 Å². The predicted octanol–water partition coefficient (Wildman–Crippen LogP) is 6.97. The second kappa shape index (κ2) is 11.8. The molecule has 0 atom stereocenters. The Bertz CT molecular complexity index is 910. The molecular weight excluding hydrogens is 416 g/mol. The monoisotopic (exact) mass is 442 g/mol. The number of carbonyl (C=O) groups excluding carboxylic acids is 1. The number of hydrogen-bond acceptors (Lipinski definition) is 4. The highest BCUT2D eigenvalue weighted by Gasteiger charge is 2.23. The number of unbranched alkanes of at least 4 members (excludes halogenated alkanes) is 5. The van der Waals surface area contributed by atoms with Gasteiger partial charge in [0.05, 0.1) is 17.2 Å². The fourth-order valence-electron chi connectivity index (χ4n) is 3.03. The zero-order valence-electron chi connectivity index (χ0n) is 17.2. The van der Waals surface area contributed by atoms with Crippen LogP contribution in [0.2, 0.25) is 5.02 Å². The molecule has 3 rings (SSSR count). The van der Waals surface area contributed by atoms with Crippen molar-refractivity contribution >= 4 is 46.2 Å². The molecule has 1 amide bonds. The van der Waals surface area contributed by atoms with Crippen molar-refractivity contribution in [2.24, 2.45) is 4.99 Å². The van der Waals surface area contributed by atoms with E-state index < -0.39 is 0 Å². The van der Waals surface area contributed by atoms with Gasteiger partial charge >= 0.3 is 0 Å². The average Bonchev–Trinajstić information content (AvgIpc) is 3.07. The number of carbonyl (C=O) groups is 1. The molecule has 6 heteroatoms. The Labute approximate surface area is 187 Å². The molecule has 2 aromatic carbocycles. The maximum absolute atomic E-state index is 12.2. The summed E-state index contributed by atoms with van der Waals surface area (Å²) in [4.78, 5) is 17.3. The van der Waals surface area contributed by atoms with Crippen molar-refractivity contribution in [2.45, 2.75) is 45.4 Å². The van der Waals surface area contributed by atoms with Gasteiger partial charge in [-0.3, -0.25) is 4.79 Å². The third kappa shape index (κ3) is 7.22. The van der Waals surface area contributed by atoms with Gasteiger partial charge in [0.25, 0.3) is 5.91 Å². The molecular formula is C24H27ClN2O2S. The molecule has 1 N–H and O–H groups in total. The predicted molar refractivity (Wildman–Crippen MR) is 128 cm³/mol. The van der Waals surface area contributed by atoms with Crippen molar-refractivity contribution in [2.75, 3.05) is 6.61 Å². The van der Waals surface area contributed by atoms with E-state index in [1.165, 1.54) is 43.9 Å². The Balaban J connectivity index is 1.51. The number of hydrogen-bond donors (Lipinski definition) is 1. The Morgan fingerprint density at radius 2 is 1.83 bits per heavy atom. The van der Waals surface area contributed by atoms with Gasteiger partial charge in [0.15, 0.2) is 5.17 Å². The summed E-state index contributed by atoms with van der Waals surface area (Å²) in [5.41, 5.74) is 1.65. The lowest BCUT2D eigenvalue weighted by Crippen LogP contribution is -2.19. The summed E-state index contributed by atoms with van der Waals surface area (Å²) < 4.78 is 5.82. The maximum atomic E-state index is 12.2. The minimum atomic E-state index is -0.149. The molecule has 0 aromatic heterocycles. The summed E-state index contributed by atoms with van der Waals surface area (Å²) >= 11 is 7.31. The first-order chi connectivity index (χ1) is 14.6. The zero-order chi connectivity index (χ0) is 21.2. The second-order valence-corrected chi connectivity index (χ2v) is 8.61. The minimum absolute atomic E-state index is 0.149. The largest absolute Gasteiger partial charge is 0.494 e. The van der Waals surface area contributed by atoms with Crippen LogP contribution in [0.5, 0.6) is 5.75 Å². The lowest BCUT2D eigenvalue weighted by Gasteiger charge is -2.06. The van der Waals surface area contributed by atoms with Crippen LogP contribution in [0.4, 0.5) is 5.69 Å². The lowest BCUT2D eigenvalue weighted by atomic mass is 10.1. The quantitative estimate of drug-likeness (QED) is 0.319. The Hall–Kier alpha value is -2.24. The van der Waals surface area contributed by atoms with Crippen LogP contribution in [0.15, 0.2) is 58.4 Å². The van der Waals surface area contributed by atoms with Crippen LogP contribution >= 0.6 is 23.4 Å². The fraction of sp³-hybridized carbons (Fsp3) is 0.333. The summed E-state index contributed by atoms with van der Waals surface area (Å²) in [6.45, 7) is 2.97. The molecule has 2 aromatic rings. The molecule has 0 aliphatic carbocycles. The molecule has 4 nitrogen and oxygen atoms in total. The van der Waals surface area contributed by atoms with Gasteiger partial charge in [-0.25, -0.2) is 4.99 Å². The fourth-order valence-corrected chi connectivity index (χ4v) is 4.05. The normalized spacial score (nSPS) is 16.3. The lowest BCUT2D eigenvalue weighted by molar-refractivity contribution is -0.115. The summed E-state index contributed by atoms with van der Waals surface area (Å²) in [7, 11) is 0. The average molecular weight is 443 g/mol. The molecule has 0 saturated carbocycles. The van der Waals surface area contributed by atoms with E-state index in [4.69, 9.17) is 16.3 Å². The maximum Gasteiger partial charge on any atom is 0.264 e. The summed E-state index contributed by atoms with van der Waals surface area (Å²) in [6.07, 6.45) is 9.36. The van der Waals surface area contributed by atoms with Gasteiger partial charge in [-0.2, -0.15) is 0 Å². The Morgan fingerprint density at radius 1 is 1.07 bits per heavy atom. The number of nitrogens with zero attached hydrogens (tertiary/aromatic N) is 1. The highest BCUT2D eigenvalue weighted by Crippen LogP contribution is 2.29. The van der Waals surface area contributed by atoms with E-state index in [9.17, 15) is 4.79 Å². The minimum Gasteiger partial charge on any atom is -0.494 e. The number of halogens is 1. The third-order valence-corrected chi connectivity index (χ3v) is 5.78. The van der Waals surface area contributed by atoms with E-state index >= 15 is 0 Å². The van der Waals surface area contributed by atoms with Crippen molar-refractivity contribution < 1.29 is 9.53 Å². The van der Waals surface area contributed by atoms with Gasteiger partial charge in [0.2, 0.25) is 0 Å². The molecule has 1 saturated heterocycles. The molecule has 0 unspecified atom stereocenters. The standard InChI is InChI=1S/C24H27ClN2O2S/c1-2-3-4-5-6-7-15-29-21-13-11-18(12-14-21)16-22-23(28)27-24(30-22)26-20-10-8-9-19(25)17-20/h8-14,16-17H,2-7,15H2,1H3,(H,26,27,28)/b22-16+. The number of benzene rings is 2. The van der Waals surface area contributed by atoms with Crippen molar-refractivity contribution in [3.8, 4) is 5.75 Å². The van der Waals surface area contributed by atoms with Gasteiger partial charge in [0, 0.05) is 5.02 Å². The number of rotatable bonds is 10. The first kappa shape index (κ1) is 22.4. The van der Waals surface area contributed by atoms with Gasteiger partial charge in [0.1, 0.15) is 5.75 Å². The number of ether oxygens (including phenoxy) is 1. The topological polar surface area (TPSA) is 50.7 Å². The number of aliphatic imine (C=N–C) groups is 1. The molecule has 158 valence electrons. The van der Waals surface area contributed by atoms with Crippen LogP contribution in [-0.2, 0) is 4.79 Å². The van der Waals surface area contributed by atoms with Crippen molar-refractivity contribution in [1.82, 2.24) is 5.32 Å². The molecule has 0 spiro atoms. The first-order valence-electron chi connectivity index (χ1n) is 10.4. The molecule has 1 aliphatic heterocycles. The number of thioether (sulfide) groups is 1. The van der Waals surface area contributed by atoms with Gasteiger partial charge in [-0.1, -0.05) is 68.8 Å². The van der Waals surface area contributed by atoms with Crippen LogP contribution in [0, 0.1) is 0 Å². The highest BCUT2D eigenvalue weighted by atomic mass is 35.5. The van der Waals surface area contributed by atoms with E-state index in [1.807, 2.05) is 42.5 Å². The van der Waals surface area contributed by atoms with Gasteiger partial charge in [-0.05, 0) is 60.2 Å². The number of nitrogens with one attached hydrogen (secondary N) is 1. The third-order valence-electron chi connectivity index (χ3n) is 4.63. The van der Waals surface area contributed by atoms with Crippen LogP contribution in [-0.4, -0.2) is 17.7 Å². The van der Waals surface area contributed by atoms with Crippen molar-refractivity contribution in [3.05, 3.63) is 64.0 Å². The second-order valence-electron chi connectivity index (χ2n) is 7.15. The van der Waals surface area contributed by atoms with E-state index in [0.29, 0.717) is 20.8 Å². The summed E-state index contributed by atoms with van der Waals surface area (Å²) in [5, 5.41) is 3.95. The number of amides is 1. The number of amidine groups is 1. The molecule has 0 radical (unpaired) electrons. The molecule has 0 bridgehead atoms. The van der Waals surface area contributed by atoms with E-state index in [1.54, 1.807) is 12.1 Å². The Morgan fingerprint density at radius 3 is 2.60 bits per heavy atom. The van der Waals surface area contributed by atoms with Crippen LogP contribution in [0.3, 0.4) is 0 Å². The van der Waals surface area contributed by atoms with E-state index in [-0.39, 0.29) is 5.91 Å². The zero-order valence-corrected chi connectivity index (χ0v) is 18.8. The van der Waals surface area contributed by atoms with Crippen LogP contribution in [0.25, 0.3) is 6.08 Å². The molecule has 1 aliphatic rings. The van der Waals surface area contributed by atoms with Crippen molar-refractivity contribution in [3.63, 3.8) is 0 Å². The first-order valence-corrected chi connectivity index (χ1v) is 11.6. The smallest absolute Gasteiger partial charge is 0.264 e. The van der Waals surface area contributed by atoms with E-state index in [0.717, 1.165) is 24.3 Å². The van der Waals surface area contributed by atoms with Crippen LogP contribution in [0.1, 0.15) is 51.0 Å². The molecule has 1 fully saturated rings. The van der Waals surface area contributed by atoms with Crippen LogP contribution < -0.4 is 10.1 Å². The molecule has 1 heterocycles. The SMILES string of the molecule is CCCCCCCCOc1ccc(/C=C2/SC(=Nc3cccc(Cl)c3)NC2=O)cc1. The molecule has 30 heavy (non-hydrogen) atoms. The van der Waals surface area contributed by atoms with Crippen molar-refractivity contribution in [1.29, 1.82) is 0 Å². The van der Waals surface area contributed by atoms with Gasteiger partial charge in [-0.15, -0.1) is 0 Å².